The van der Waals surface area contributed by atoms with Gasteiger partial charge in [-0.3, -0.25) is 4.90 Å². The van der Waals surface area contributed by atoms with Gasteiger partial charge in [-0.15, -0.1) is 0 Å². The highest BCUT2D eigenvalue weighted by atomic mass is 16.5. The summed E-state index contributed by atoms with van der Waals surface area (Å²) in [5, 5.41) is 19.8. The van der Waals surface area contributed by atoms with Gasteiger partial charge in [0.05, 0.1) is 38.6 Å². The van der Waals surface area contributed by atoms with E-state index >= 15 is 0 Å². The maximum absolute atomic E-state index is 9.89. The summed E-state index contributed by atoms with van der Waals surface area (Å²) in [4.78, 5) is 4.28. The first kappa shape index (κ1) is 20.8. The number of β-amino-alcohol motifs (C(OH)–C–C–N with tert-alkyl or cyclic N) is 1. The Hall–Kier alpha value is -0.240. The van der Waals surface area contributed by atoms with Crippen molar-refractivity contribution in [2.75, 3.05) is 59.7 Å². The van der Waals surface area contributed by atoms with E-state index in [4.69, 9.17) is 9.47 Å². The Morgan fingerprint density at radius 3 is 2.17 bits per heavy atom. The van der Waals surface area contributed by atoms with Crippen LogP contribution in [0.15, 0.2) is 0 Å². The second-order valence-electron chi connectivity index (χ2n) is 7.66. The number of aliphatic hydroxyl groups excluding tert-OH is 2. The molecule has 23 heavy (non-hydrogen) atoms. The summed E-state index contributed by atoms with van der Waals surface area (Å²) >= 11 is 0. The molecule has 0 bridgehead atoms. The Morgan fingerprint density at radius 1 is 1.17 bits per heavy atom. The fraction of sp³-hybridized carbons (Fsp3) is 1.00. The molecule has 6 nitrogen and oxygen atoms in total. The van der Waals surface area contributed by atoms with E-state index in [-0.39, 0.29) is 5.41 Å². The minimum Gasteiger partial charge on any atom is -0.389 e. The molecule has 138 valence electrons. The van der Waals surface area contributed by atoms with Crippen LogP contribution in [-0.2, 0) is 9.47 Å². The number of hydrogen-bond donors (Lipinski definition) is 2. The Bertz CT molecular complexity index is 308. The SMILES string of the molecule is CCN(C)CC(O)COCC(C)(C)COCC(O)CN1CC1C. The van der Waals surface area contributed by atoms with Crippen molar-refractivity contribution in [3.8, 4) is 0 Å². The Morgan fingerprint density at radius 2 is 1.70 bits per heavy atom. The first-order valence-electron chi connectivity index (χ1n) is 8.67. The summed E-state index contributed by atoms with van der Waals surface area (Å²) in [5.41, 5.74) is -0.136. The van der Waals surface area contributed by atoms with Crippen LogP contribution in [0.4, 0.5) is 0 Å². The van der Waals surface area contributed by atoms with Gasteiger partial charge in [-0.25, -0.2) is 0 Å². The number of hydrogen-bond acceptors (Lipinski definition) is 6. The normalized spacial score (nSPS) is 24.0. The standard InChI is InChI=1S/C17H36N2O4/c1-6-18(5)8-15(20)10-22-12-17(3,4)13-23-11-16(21)9-19-7-14(19)2/h14-16,20-21H,6-13H2,1-5H3. The molecule has 1 saturated heterocycles. The van der Waals surface area contributed by atoms with Gasteiger partial charge in [0.1, 0.15) is 0 Å². The van der Waals surface area contributed by atoms with Gasteiger partial charge in [0.15, 0.2) is 0 Å². The molecule has 6 heteroatoms. The summed E-state index contributed by atoms with van der Waals surface area (Å²) in [5.74, 6) is 0. The molecule has 4 atom stereocenters. The van der Waals surface area contributed by atoms with E-state index < -0.39 is 12.2 Å². The highest BCUT2D eigenvalue weighted by molar-refractivity contribution is 4.86. The van der Waals surface area contributed by atoms with Gasteiger partial charge in [-0.05, 0) is 20.5 Å². The fourth-order valence-electron chi connectivity index (χ4n) is 2.40. The molecule has 1 aliphatic rings. The summed E-state index contributed by atoms with van der Waals surface area (Å²) in [6.07, 6.45) is -0.892. The van der Waals surface area contributed by atoms with Gasteiger partial charge in [-0.1, -0.05) is 20.8 Å². The molecule has 1 fully saturated rings. The third-order valence-electron chi connectivity index (χ3n) is 4.10. The van der Waals surface area contributed by atoms with Crippen molar-refractivity contribution < 1.29 is 19.7 Å². The average Bonchev–Trinajstić information content (AvgIpc) is 3.13. The first-order valence-corrected chi connectivity index (χ1v) is 8.67. The molecule has 0 radical (unpaired) electrons. The van der Waals surface area contributed by atoms with Crippen molar-refractivity contribution in [1.29, 1.82) is 0 Å². The second-order valence-corrected chi connectivity index (χ2v) is 7.66. The van der Waals surface area contributed by atoms with Crippen LogP contribution in [-0.4, -0.2) is 97.9 Å². The van der Waals surface area contributed by atoms with Gasteiger partial charge in [0.2, 0.25) is 0 Å². The molecule has 0 amide bonds. The number of aliphatic hydroxyl groups is 2. The van der Waals surface area contributed by atoms with Gasteiger partial charge in [-0.2, -0.15) is 0 Å². The highest BCUT2D eigenvalue weighted by Gasteiger charge is 2.30. The summed E-state index contributed by atoms with van der Waals surface area (Å²) in [6.45, 7) is 13.4. The smallest absolute Gasteiger partial charge is 0.0900 e. The molecular formula is C17H36N2O4. The molecule has 0 aromatic carbocycles. The zero-order chi connectivity index (χ0) is 17.5. The molecular weight excluding hydrogens is 296 g/mol. The van der Waals surface area contributed by atoms with E-state index in [9.17, 15) is 10.2 Å². The van der Waals surface area contributed by atoms with E-state index in [0.717, 1.165) is 13.1 Å². The van der Waals surface area contributed by atoms with Gasteiger partial charge in [0.25, 0.3) is 0 Å². The highest BCUT2D eigenvalue weighted by Crippen LogP contribution is 2.18. The number of nitrogens with zero attached hydrogens (tertiary/aromatic N) is 2. The van der Waals surface area contributed by atoms with E-state index in [1.54, 1.807) is 0 Å². The number of likely N-dealkylation sites (N-methyl/N-ethyl adjacent to an activating group) is 1. The van der Waals surface area contributed by atoms with Crippen LogP contribution >= 0.6 is 0 Å². The lowest BCUT2D eigenvalue weighted by atomic mass is 9.96. The maximum Gasteiger partial charge on any atom is 0.0900 e. The van der Waals surface area contributed by atoms with E-state index in [1.165, 1.54) is 0 Å². The van der Waals surface area contributed by atoms with Crippen molar-refractivity contribution in [2.24, 2.45) is 5.41 Å². The van der Waals surface area contributed by atoms with Crippen LogP contribution in [0.5, 0.6) is 0 Å². The minimum absolute atomic E-state index is 0.136. The molecule has 0 saturated carbocycles. The molecule has 0 aromatic heterocycles. The van der Waals surface area contributed by atoms with Crippen molar-refractivity contribution in [1.82, 2.24) is 9.80 Å². The van der Waals surface area contributed by atoms with Crippen molar-refractivity contribution >= 4 is 0 Å². The molecule has 0 aromatic rings. The quantitative estimate of drug-likeness (QED) is 0.477. The molecule has 1 rings (SSSR count). The molecule has 1 aliphatic heterocycles. The molecule has 0 aliphatic carbocycles. The predicted molar refractivity (Wildman–Crippen MR) is 91.6 cm³/mol. The zero-order valence-electron chi connectivity index (χ0n) is 15.5. The van der Waals surface area contributed by atoms with Gasteiger partial charge >= 0.3 is 0 Å². The second kappa shape index (κ2) is 9.91. The van der Waals surface area contributed by atoms with Crippen molar-refractivity contribution in [3.63, 3.8) is 0 Å². The number of rotatable bonds is 13. The maximum atomic E-state index is 9.89. The van der Waals surface area contributed by atoms with Crippen LogP contribution in [0.2, 0.25) is 0 Å². The number of ether oxygens (including phenoxy) is 2. The van der Waals surface area contributed by atoms with Gasteiger partial charge < -0.3 is 24.6 Å². The fourth-order valence-corrected chi connectivity index (χ4v) is 2.40. The topological polar surface area (TPSA) is 65.2 Å². The van der Waals surface area contributed by atoms with Gasteiger partial charge in [0, 0.05) is 31.1 Å². The van der Waals surface area contributed by atoms with Crippen LogP contribution in [0.1, 0.15) is 27.7 Å². The lowest BCUT2D eigenvalue weighted by Crippen LogP contribution is -2.34. The van der Waals surface area contributed by atoms with Crippen LogP contribution in [0.25, 0.3) is 0 Å². The molecule has 1 heterocycles. The summed E-state index contributed by atoms with van der Waals surface area (Å²) in [6, 6.07) is 0.604. The molecule has 2 N–H and O–H groups in total. The average molecular weight is 332 g/mol. The van der Waals surface area contributed by atoms with Crippen LogP contribution < -0.4 is 0 Å². The Balaban J connectivity index is 2.07. The summed E-state index contributed by atoms with van der Waals surface area (Å²) in [7, 11) is 1.98. The minimum atomic E-state index is -0.465. The first-order chi connectivity index (χ1) is 10.7. The van der Waals surface area contributed by atoms with E-state index in [0.29, 0.717) is 45.6 Å². The van der Waals surface area contributed by atoms with Crippen LogP contribution in [0, 0.1) is 5.41 Å². The third-order valence-corrected chi connectivity index (χ3v) is 4.10. The largest absolute Gasteiger partial charge is 0.389 e. The zero-order valence-corrected chi connectivity index (χ0v) is 15.5. The monoisotopic (exact) mass is 332 g/mol. The molecule has 4 unspecified atom stereocenters. The molecule has 0 spiro atoms. The van der Waals surface area contributed by atoms with Crippen molar-refractivity contribution in [3.05, 3.63) is 0 Å². The lowest BCUT2D eigenvalue weighted by molar-refractivity contribution is -0.0495. The Kier molecular flexibility index (Phi) is 8.97. The van der Waals surface area contributed by atoms with Crippen LogP contribution in [0.3, 0.4) is 0 Å². The summed E-state index contributed by atoms with van der Waals surface area (Å²) < 4.78 is 11.3. The Labute approximate surface area is 141 Å². The lowest BCUT2D eigenvalue weighted by Gasteiger charge is -2.26. The predicted octanol–water partition coefficient (Wildman–Crippen LogP) is 0.423. The van der Waals surface area contributed by atoms with E-state index in [2.05, 4.69) is 37.5 Å². The van der Waals surface area contributed by atoms with Crippen molar-refractivity contribution in [2.45, 2.75) is 45.9 Å². The third kappa shape index (κ3) is 9.59. The van der Waals surface area contributed by atoms with E-state index in [1.807, 2.05) is 7.05 Å².